The fourth-order valence-electron chi connectivity index (χ4n) is 3.65. The monoisotopic (exact) mass is 453 g/mol. The quantitative estimate of drug-likeness (QED) is 0.594. The Labute approximate surface area is 189 Å². The van der Waals surface area contributed by atoms with Crippen LogP contribution in [-0.2, 0) is 24.4 Å². The summed E-state index contributed by atoms with van der Waals surface area (Å²) in [5.74, 6) is -0.283. The molecule has 3 aromatic rings. The number of hydrogen-bond donors (Lipinski definition) is 2. The number of aryl methyl sites for hydroxylation is 1. The lowest BCUT2D eigenvalue weighted by Crippen LogP contribution is -2.62. The summed E-state index contributed by atoms with van der Waals surface area (Å²) in [6.07, 6.45) is 0. The fourth-order valence-corrected chi connectivity index (χ4v) is 3.65. The van der Waals surface area contributed by atoms with E-state index >= 15 is 0 Å². The van der Waals surface area contributed by atoms with E-state index in [0.717, 1.165) is 11.3 Å². The number of furan rings is 1. The second-order valence-corrected chi connectivity index (χ2v) is 8.21. The van der Waals surface area contributed by atoms with Crippen LogP contribution >= 0.6 is 0 Å². The molecule has 1 aromatic carbocycles. The second-order valence-electron chi connectivity index (χ2n) is 8.21. The molecule has 0 aliphatic carbocycles. The third kappa shape index (κ3) is 4.36. The van der Waals surface area contributed by atoms with Crippen molar-refractivity contribution in [2.75, 3.05) is 7.05 Å². The molecule has 9 nitrogen and oxygen atoms in total. The number of likely N-dealkylation sites (N-methyl/N-ethyl adjacent to an activating group) is 1. The van der Waals surface area contributed by atoms with Gasteiger partial charge in [-0.1, -0.05) is 12.1 Å². The van der Waals surface area contributed by atoms with Crippen molar-refractivity contribution >= 4 is 17.7 Å². The molecule has 4 rings (SSSR count). The van der Waals surface area contributed by atoms with E-state index in [-0.39, 0.29) is 42.7 Å². The third-order valence-electron chi connectivity index (χ3n) is 5.81. The van der Waals surface area contributed by atoms with Crippen LogP contribution in [0.3, 0.4) is 0 Å². The zero-order valence-corrected chi connectivity index (χ0v) is 18.5. The first-order valence-corrected chi connectivity index (χ1v) is 10.4. The minimum absolute atomic E-state index is 0.0739. The fraction of sp³-hybridized carbons (Fsp3) is 0.304. The van der Waals surface area contributed by atoms with E-state index in [1.165, 1.54) is 34.8 Å². The van der Waals surface area contributed by atoms with Crippen LogP contribution in [0.5, 0.6) is 0 Å². The molecule has 3 heterocycles. The van der Waals surface area contributed by atoms with Gasteiger partial charge in [0.1, 0.15) is 28.6 Å². The number of benzene rings is 1. The first-order valence-electron chi connectivity index (χ1n) is 10.4. The maximum absolute atomic E-state index is 13.1. The maximum Gasteiger partial charge on any atom is 0.272 e. The zero-order valence-electron chi connectivity index (χ0n) is 18.5. The molecule has 172 valence electrons. The van der Waals surface area contributed by atoms with E-state index in [1.807, 2.05) is 6.92 Å². The number of nitrogens with zero attached hydrogens (tertiary/aromatic N) is 3. The van der Waals surface area contributed by atoms with E-state index in [9.17, 15) is 18.8 Å². The summed E-state index contributed by atoms with van der Waals surface area (Å²) in [5, 5.41) is 9.77. The van der Waals surface area contributed by atoms with Crippen LogP contribution in [0.4, 0.5) is 4.39 Å². The zero-order chi connectivity index (χ0) is 23.8. The van der Waals surface area contributed by atoms with Crippen molar-refractivity contribution in [3.63, 3.8) is 0 Å². The normalized spacial score (nSPS) is 17.6. The highest BCUT2D eigenvalue weighted by atomic mass is 19.1. The SMILES string of the molecule is Cc1ccc(CNC(=O)c2cc3n(n2)C[C@](C)(C(=O)NCc2ccc(F)cc2)N(C)C3=O)o1. The number of carbonyl (C=O) groups is 3. The summed E-state index contributed by atoms with van der Waals surface area (Å²) in [4.78, 5) is 39.9. The lowest BCUT2D eigenvalue weighted by Gasteiger charge is -2.40. The molecule has 0 radical (unpaired) electrons. The molecule has 33 heavy (non-hydrogen) atoms. The van der Waals surface area contributed by atoms with Gasteiger partial charge in [0, 0.05) is 19.7 Å². The Bertz CT molecular complexity index is 1220. The molecule has 3 amide bonds. The third-order valence-corrected chi connectivity index (χ3v) is 5.81. The number of nitrogens with one attached hydrogen (secondary N) is 2. The Kier molecular flexibility index (Phi) is 5.75. The molecule has 2 N–H and O–H groups in total. The van der Waals surface area contributed by atoms with E-state index in [0.29, 0.717) is 5.76 Å². The van der Waals surface area contributed by atoms with Gasteiger partial charge in [0.15, 0.2) is 5.69 Å². The Morgan fingerprint density at radius 2 is 1.88 bits per heavy atom. The van der Waals surface area contributed by atoms with Crippen LogP contribution < -0.4 is 10.6 Å². The Morgan fingerprint density at radius 1 is 1.15 bits per heavy atom. The number of aromatic nitrogens is 2. The number of halogens is 1. The summed E-state index contributed by atoms with van der Waals surface area (Å²) in [5.41, 5.74) is -0.204. The highest BCUT2D eigenvalue weighted by Gasteiger charge is 2.46. The van der Waals surface area contributed by atoms with E-state index in [1.54, 1.807) is 31.2 Å². The van der Waals surface area contributed by atoms with Crippen molar-refractivity contribution in [2.24, 2.45) is 0 Å². The molecule has 0 spiro atoms. The maximum atomic E-state index is 13.1. The van der Waals surface area contributed by atoms with Gasteiger partial charge in [0.05, 0.1) is 13.1 Å². The molecular weight excluding hydrogens is 429 g/mol. The molecule has 1 aliphatic heterocycles. The van der Waals surface area contributed by atoms with E-state index in [4.69, 9.17) is 4.42 Å². The lowest BCUT2D eigenvalue weighted by atomic mass is 9.96. The molecule has 10 heteroatoms. The van der Waals surface area contributed by atoms with Crippen LogP contribution in [0, 0.1) is 12.7 Å². The molecule has 0 saturated carbocycles. The Balaban J connectivity index is 1.46. The second kappa shape index (κ2) is 8.53. The standard InChI is InChI=1S/C23H24FN5O4/c1-14-4-9-17(33-14)12-25-20(30)18-10-19-21(31)28(3)23(2,13-29(19)27-18)22(32)26-11-15-5-7-16(24)8-6-15/h4-10H,11-13H2,1-3H3,(H,25,30)(H,26,32)/t23-/m1/s1. The summed E-state index contributed by atoms with van der Waals surface area (Å²) < 4.78 is 19.9. The average molecular weight is 453 g/mol. The number of fused-ring (bicyclic) bond motifs is 1. The molecular formula is C23H24FN5O4. The molecule has 0 unspecified atom stereocenters. The van der Waals surface area contributed by atoms with Gasteiger partial charge >= 0.3 is 0 Å². The van der Waals surface area contributed by atoms with Gasteiger partial charge < -0.3 is 20.0 Å². The van der Waals surface area contributed by atoms with Crippen molar-refractivity contribution < 1.29 is 23.2 Å². The van der Waals surface area contributed by atoms with Crippen molar-refractivity contribution in [3.8, 4) is 0 Å². The molecule has 2 aromatic heterocycles. The van der Waals surface area contributed by atoms with Gasteiger partial charge in [0.2, 0.25) is 5.91 Å². The largest absolute Gasteiger partial charge is 0.465 e. The topological polar surface area (TPSA) is 109 Å². The molecule has 0 fully saturated rings. The first kappa shape index (κ1) is 22.3. The number of amides is 3. The number of hydrogen-bond acceptors (Lipinski definition) is 5. The lowest BCUT2D eigenvalue weighted by molar-refractivity contribution is -0.132. The van der Waals surface area contributed by atoms with Crippen molar-refractivity contribution in [1.82, 2.24) is 25.3 Å². The van der Waals surface area contributed by atoms with E-state index < -0.39 is 17.4 Å². The van der Waals surface area contributed by atoms with Crippen molar-refractivity contribution in [2.45, 2.75) is 39.0 Å². The van der Waals surface area contributed by atoms with Gasteiger partial charge in [-0.2, -0.15) is 5.10 Å². The number of rotatable bonds is 6. The van der Waals surface area contributed by atoms with Crippen LogP contribution in [-0.4, -0.2) is 45.0 Å². The van der Waals surface area contributed by atoms with Crippen molar-refractivity contribution in [3.05, 3.63) is 76.8 Å². The van der Waals surface area contributed by atoms with Crippen LogP contribution in [0.25, 0.3) is 0 Å². The minimum atomic E-state index is -1.23. The highest BCUT2D eigenvalue weighted by Crippen LogP contribution is 2.26. The summed E-state index contributed by atoms with van der Waals surface area (Å²) in [6.45, 7) is 3.89. The Morgan fingerprint density at radius 3 is 2.55 bits per heavy atom. The van der Waals surface area contributed by atoms with Crippen LogP contribution in [0.2, 0.25) is 0 Å². The highest BCUT2D eigenvalue weighted by molar-refractivity contribution is 6.01. The molecule has 1 aliphatic rings. The van der Waals surface area contributed by atoms with E-state index in [2.05, 4.69) is 15.7 Å². The average Bonchev–Trinajstić information content (AvgIpc) is 3.41. The Hall–Kier alpha value is -3.95. The summed E-state index contributed by atoms with van der Waals surface area (Å²) >= 11 is 0. The van der Waals surface area contributed by atoms with Crippen LogP contribution in [0.1, 0.15) is 45.0 Å². The first-order chi connectivity index (χ1) is 15.7. The van der Waals surface area contributed by atoms with Gasteiger partial charge in [-0.25, -0.2) is 4.39 Å². The van der Waals surface area contributed by atoms with Gasteiger partial charge in [-0.05, 0) is 43.7 Å². The van der Waals surface area contributed by atoms with Gasteiger partial charge in [0.25, 0.3) is 11.8 Å². The summed E-state index contributed by atoms with van der Waals surface area (Å²) in [6, 6.07) is 10.8. The van der Waals surface area contributed by atoms with Gasteiger partial charge in [-0.15, -0.1) is 0 Å². The molecule has 0 saturated heterocycles. The predicted molar refractivity (Wildman–Crippen MR) is 116 cm³/mol. The van der Waals surface area contributed by atoms with Crippen LogP contribution in [0.15, 0.2) is 46.9 Å². The van der Waals surface area contributed by atoms with Crippen molar-refractivity contribution in [1.29, 1.82) is 0 Å². The molecule has 1 atom stereocenters. The number of carbonyl (C=O) groups excluding carboxylic acids is 3. The molecule has 0 bridgehead atoms. The minimum Gasteiger partial charge on any atom is -0.465 e. The smallest absolute Gasteiger partial charge is 0.272 e. The summed E-state index contributed by atoms with van der Waals surface area (Å²) in [7, 11) is 1.54. The predicted octanol–water partition coefficient (Wildman–Crippen LogP) is 2.01. The van der Waals surface area contributed by atoms with Gasteiger partial charge in [-0.3, -0.25) is 19.1 Å².